The fraction of sp³-hybridized carbons (Fsp3) is 0.769. The highest BCUT2D eigenvalue weighted by molar-refractivity contribution is 5.72. The maximum absolute atomic E-state index is 11.2. The SMILES string of the molecule is CC1=CC(C)CC(C(OCCCO)C(=O)O)C1. The average molecular weight is 242 g/mol. The Morgan fingerprint density at radius 1 is 1.65 bits per heavy atom. The topological polar surface area (TPSA) is 66.8 Å². The summed E-state index contributed by atoms with van der Waals surface area (Å²) >= 11 is 0. The van der Waals surface area contributed by atoms with Crippen molar-refractivity contribution in [3.05, 3.63) is 11.6 Å². The molecule has 0 bridgehead atoms. The molecule has 0 aliphatic heterocycles. The van der Waals surface area contributed by atoms with Crippen molar-refractivity contribution in [1.29, 1.82) is 0 Å². The molecule has 2 N–H and O–H groups in total. The van der Waals surface area contributed by atoms with Crippen molar-refractivity contribution in [2.24, 2.45) is 11.8 Å². The van der Waals surface area contributed by atoms with Crippen LogP contribution in [0.15, 0.2) is 11.6 Å². The van der Waals surface area contributed by atoms with Gasteiger partial charge in [-0.15, -0.1) is 0 Å². The molecule has 0 aromatic rings. The zero-order valence-electron chi connectivity index (χ0n) is 10.6. The molecule has 0 spiro atoms. The summed E-state index contributed by atoms with van der Waals surface area (Å²) in [6.45, 7) is 4.48. The molecular formula is C13H22O4. The first-order valence-electron chi connectivity index (χ1n) is 6.17. The molecule has 0 fully saturated rings. The van der Waals surface area contributed by atoms with Crippen molar-refractivity contribution >= 4 is 5.97 Å². The van der Waals surface area contributed by atoms with Gasteiger partial charge in [-0.25, -0.2) is 4.79 Å². The van der Waals surface area contributed by atoms with E-state index < -0.39 is 12.1 Å². The quantitative estimate of drug-likeness (QED) is 0.551. The first kappa shape index (κ1) is 14.2. The molecule has 98 valence electrons. The largest absolute Gasteiger partial charge is 0.479 e. The second kappa shape index (κ2) is 6.77. The van der Waals surface area contributed by atoms with E-state index in [0.717, 1.165) is 12.8 Å². The van der Waals surface area contributed by atoms with Crippen LogP contribution in [-0.2, 0) is 9.53 Å². The summed E-state index contributed by atoms with van der Waals surface area (Å²) < 4.78 is 5.39. The van der Waals surface area contributed by atoms with E-state index in [1.54, 1.807) is 0 Å². The summed E-state index contributed by atoms with van der Waals surface area (Å²) in [7, 11) is 0. The Labute approximate surface area is 102 Å². The van der Waals surface area contributed by atoms with Gasteiger partial charge in [0.1, 0.15) is 0 Å². The Bertz CT molecular complexity index is 285. The van der Waals surface area contributed by atoms with Crippen LogP contribution in [-0.4, -0.2) is 35.5 Å². The Morgan fingerprint density at radius 2 is 2.35 bits per heavy atom. The standard InChI is InChI=1S/C13H22O4/c1-9-6-10(2)8-11(7-9)12(13(15)16)17-5-3-4-14/h6,9,11-12,14H,3-5,7-8H2,1-2H3,(H,15,16). The highest BCUT2D eigenvalue weighted by Crippen LogP contribution is 2.31. The van der Waals surface area contributed by atoms with E-state index in [1.807, 2.05) is 6.92 Å². The number of allylic oxidation sites excluding steroid dienone is 2. The van der Waals surface area contributed by atoms with Gasteiger partial charge in [0, 0.05) is 19.1 Å². The molecule has 1 aliphatic carbocycles. The second-order valence-corrected chi connectivity index (χ2v) is 4.90. The van der Waals surface area contributed by atoms with Gasteiger partial charge in [0.05, 0.1) is 0 Å². The summed E-state index contributed by atoms with van der Waals surface area (Å²) in [6, 6.07) is 0. The third-order valence-electron chi connectivity index (χ3n) is 3.10. The molecule has 17 heavy (non-hydrogen) atoms. The minimum atomic E-state index is -0.894. The van der Waals surface area contributed by atoms with Crippen LogP contribution in [0.1, 0.15) is 33.1 Å². The van der Waals surface area contributed by atoms with Crippen LogP contribution < -0.4 is 0 Å². The number of carboxylic acids is 1. The highest BCUT2D eigenvalue weighted by Gasteiger charge is 2.31. The van der Waals surface area contributed by atoms with Gasteiger partial charge in [0.2, 0.25) is 0 Å². The Morgan fingerprint density at radius 3 is 2.88 bits per heavy atom. The molecule has 1 aliphatic rings. The summed E-state index contributed by atoms with van der Waals surface area (Å²) in [4.78, 5) is 11.2. The minimum Gasteiger partial charge on any atom is -0.479 e. The van der Waals surface area contributed by atoms with Gasteiger partial charge in [0.25, 0.3) is 0 Å². The molecule has 0 heterocycles. The summed E-state index contributed by atoms with van der Waals surface area (Å²) in [5.74, 6) is -0.432. The molecule has 0 radical (unpaired) electrons. The molecule has 0 aromatic carbocycles. The first-order valence-corrected chi connectivity index (χ1v) is 6.17. The number of rotatable bonds is 6. The number of hydrogen-bond donors (Lipinski definition) is 2. The summed E-state index contributed by atoms with van der Waals surface area (Å²) in [5, 5.41) is 17.9. The van der Waals surface area contributed by atoms with Crippen LogP contribution in [0.3, 0.4) is 0 Å². The Kier molecular flexibility index (Phi) is 5.65. The van der Waals surface area contributed by atoms with Crippen molar-refractivity contribution in [3.8, 4) is 0 Å². The molecule has 0 amide bonds. The van der Waals surface area contributed by atoms with E-state index in [2.05, 4.69) is 13.0 Å². The zero-order chi connectivity index (χ0) is 12.8. The lowest BCUT2D eigenvalue weighted by Gasteiger charge is -2.30. The highest BCUT2D eigenvalue weighted by atomic mass is 16.5. The summed E-state index contributed by atoms with van der Waals surface area (Å²) in [6.07, 6.45) is 3.59. The zero-order valence-corrected chi connectivity index (χ0v) is 10.6. The van der Waals surface area contributed by atoms with Gasteiger partial charge >= 0.3 is 5.97 Å². The van der Waals surface area contributed by atoms with Crippen LogP contribution >= 0.6 is 0 Å². The lowest BCUT2D eigenvalue weighted by atomic mass is 9.80. The van der Waals surface area contributed by atoms with Crippen molar-refractivity contribution in [2.75, 3.05) is 13.2 Å². The third kappa shape index (κ3) is 4.48. The number of aliphatic carboxylic acids is 1. The van der Waals surface area contributed by atoms with Crippen LogP contribution in [0.2, 0.25) is 0 Å². The van der Waals surface area contributed by atoms with Crippen LogP contribution in [0, 0.1) is 11.8 Å². The number of ether oxygens (including phenoxy) is 1. The monoisotopic (exact) mass is 242 g/mol. The van der Waals surface area contributed by atoms with E-state index in [-0.39, 0.29) is 12.5 Å². The van der Waals surface area contributed by atoms with Crippen LogP contribution in [0.5, 0.6) is 0 Å². The van der Waals surface area contributed by atoms with Gasteiger partial charge < -0.3 is 14.9 Å². The van der Waals surface area contributed by atoms with E-state index in [1.165, 1.54) is 5.57 Å². The predicted molar refractivity (Wildman–Crippen MR) is 64.7 cm³/mol. The average Bonchev–Trinajstić information content (AvgIpc) is 2.22. The maximum Gasteiger partial charge on any atom is 0.333 e. The fourth-order valence-corrected chi connectivity index (χ4v) is 2.51. The van der Waals surface area contributed by atoms with Gasteiger partial charge in [-0.2, -0.15) is 0 Å². The van der Waals surface area contributed by atoms with E-state index >= 15 is 0 Å². The third-order valence-corrected chi connectivity index (χ3v) is 3.10. The van der Waals surface area contributed by atoms with E-state index in [4.69, 9.17) is 9.84 Å². The van der Waals surface area contributed by atoms with Crippen molar-refractivity contribution in [3.63, 3.8) is 0 Å². The van der Waals surface area contributed by atoms with Crippen molar-refractivity contribution in [1.82, 2.24) is 0 Å². The lowest BCUT2D eigenvalue weighted by Crippen LogP contribution is -2.35. The van der Waals surface area contributed by atoms with Crippen LogP contribution in [0.4, 0.5) is 0 Å². The van der Waals surface area contributed by atoms with Gasteiger partial charge in [0.15, 0.2) is 6.10 Å². The Hall–Kier alpha value is -0.870. The van der Waals surface area contributed by atoms with E-state index in [0.29, 0.717) is 18.9 Å². The maximum atomic E-state index is 11.2. The number of carbonyl (C=O) groups is 1. The molecule has 3 atom stereocenters. The first-order chi connectivity index (χ1) is 8.04. The molecule has 3 unspecified atom stereocenters. The molecule has 4 nitrogen and oxygen atoms in total. The molecular weight excluding hydrogens is 220 g/mol. The molecule has 0 saturated heterocycles. The number of aliphatic hydroxyl groups excluding tert-OH is 1. The van der Waals surface area contributed by atoms with Gasteiger partial charge in [-0.05, 0) is 32.1 Å². The van der Waals surface area contributed by atoms with Crippen LogP contribution in [0.25, 0.3) is 0 Å². The molecule has 0 saturated carbocycles. The number of carboxylic acid groups (broad SMARTS) is 1. The molecule has 0 aromatic heterocycles. The summed E-state index contributed by atoms with van der Waals surface area (Å²) in [5.41, 5.74) is 1.24. The Balaban J connectivity index is 2.58. The number of hydrogen-bond acceptors (Lipinski definition) is 3. The van der Waals surface area contributed by atoms with E-state index in [9.17, 15) is 9.90 Å². The smallest absolute Gasteiger partial charge is 0.333 e. The van der Waals surface area contributed by atoms with Gasteiger partial charge in [-0.3, -0.25) is 0 Å². The predicted octanol–water partition coefficient (Wildman–Crippen LogP) is 1.83. The minimum absolute atomic E-state index is 0.0341. The molecule has 1 rings (SSSR count). The molecule has 4 heteroatoms. The normalized spacial score (nSPS) is 26.4. The number of aliphatic hydroxyl groups is 1. The second-order valence-electron chi connectivity index (χ2n) is 4.90. The fourth-order valence-electron chi connectivity index (χ4n) is 2.51. The van der Waals surface area contributed by atoms with Crippen molar-refractivity contribution in [2.45, 2.75) is 39.2 Å². The lowest BCUT2D eigenvalue weighted by molar-refractivity contribution is -0.155. The van der Waals surface area contributed by atoms with Crippen molar-refractivity contribution < 1.29 is 19.7 Å². The van der Waals surface area contributed by atoms with Gasteiger partial charge in [-0.1, -0.05) is 18.6 Å².